The number of aryl methyl sites for hydroxylation is 1. The number of carbonyl (C=O) groups is 1. The van der Waals surface area contributed by atoms with Crippen molar-refractivity contribution in [2.45, 2.75) is 13.8 Å². The van der Waals surface area contributed by atoms with Crippen molar-refractivity contribution < 1.29 is 28.5 Å². The van der Waals surface area contributed by atoms with Gasteiger partial charge in [-0.3, -0.25) is 0 Å². The fraction of sp³-hybridized carbons (Fsp3) is 0.222. The van der Waals surface area contributed by atoms with Crippen molar-refractivity contribution >= 4 is 5.97 Å². The van der Waals surface area contributed by atoms with E-state index in [-0.39, 0.29) is 32.2 Å². The van der Waals surface area contributed by atoms with E-state index < -0.39 is 5.97 Å². The van der Waals surface area contributed by atoms with E-state index in [0.29, 0.717) is 28.2 Å². The third-order valence-corrected chi connectivity index (χ3v) is 4.87. The van der Waals surface area contributed by atoms with Crippen LogP contribution < -0.4 is 9.47 Å². The number of benzene rings is 3. The van der Waals surface area contributed by atoms with Gasteiger partial charge in [0.05, 0.1) is 6.61 Å². The van der Waals surface area contributed by atoms with E-state index in [1.54, 1.807) is 37.3 Å². The van der Waals surface area contributed by atoms with Crippen LogP contribution in [0.15, 0.2) is 72.8 Å². The second kappa shape index (κ2) is 11.3. The zero-order valence-corrected chi connectivity index (χ0v) is 18.8. The van der Waals surface area contributed by atoms with Gasteiger partial charge in [-0.15, -0.1) is 0 Å². The number of esters is 1. The first-order chi connectivity index (χ1) is 15.9. The minimum atomic E-state index is -0.464. The first-order valence-corrected chi connectivity index (χ1v) is 10.6. The number of hydrogen-bond acceptors (Lipinski definition) is 5. The second-order valence-corrected chi connectivity index (χ2v) is 7.56. The van der Waals surface area contributed by atoms with E-state index in [1.807, 2.05) is 31.2 Å². The van der Waals surface area contributed by atoms with Crippen LogP contribution in [-0.2, 0) is 9.53 Å². The highest BCUT2D eigenvalue weighted by molar-refractivity contribution is 5.86. The minimum absolute atomic E-state index is 0.0673. The van der Waals surface area contributed by atoms with E-state index in [2.05, 4.69) is 6.58 Å². The van der Waals surface area contributed by atoms with Crippen LogP contribution in [0.5, 0.6) is 11.5 Å². The molecule has 0 aliphatic carbocycles. The Morgan fingerprint density at radius 2 is 1.61 bits per heavy atom. The van der Waals surface area contributed by atoms with Gasteiger partial charge in [-0.1, -0.05) is 43.0 Å². The maximum absolute atomic E-state index is 15.0. The highest BCUT2D eigenvalue weighted by Gasteiger charge is 2.12. The van der Waals surface area contributed by atoms with E-state index in [4.69, 9.17) is 19.3 Å². The molecule has 0 unspecified atom stereocenters. The molecule has 0 aliphatic rings. The minimum Gasteiger partial charge on any atom is -0.491 e. The van der Waals surface area contributed by atoms with E-state index in [9.17, 15) is 4.79 Å². The Morgan fingerprint density at radius 1 is 0.909 bits per heavy atom. The lowest BCUT2D eigenvalue weighted by molar-refractivity contribution is -0.139. The van der Waals surface area contributed by atoms with Gasteiger partial charge in [0.25, 0.3) is 0 Å². The molecule has 0 radical (unpaired) electrons. The Kier molecular flexibility index (Phi) is 8.22. The maximum Gasteiger partial charge on any atom is 0.333 e. The third-order valence-electron chi connectivity index (χ3n) is 4.87. The molecule has 0 saturated heterocycles. The summed E-state index contributed by atoms with van der Waals surface area (Å²) in [6.07, 6.45) is 0. The van der Waals surface area contributed by atoms with Crippen LogP contribution in [-0.4, -0.2) is 37.5 Å². The molecule has 3 aromatic rings. The molecule has 0 aliphatic heterocycles. The molecule has 5 nitrogen and oxygen atoms in total. The molecule has 33 heavy (non-hydrogen) atoms. The van der Waals surface area contributed by atoms with Crippen LogP contribution in [0, 0.1) is 12.7 Å². The molecular weight excluding hydrogens is 423 g/mol. The van der Waals surface area contributed by atoms with Gasteiger partial charge in [-0.2, -0.15) is 0 Å². The SMILES string of the molecule is C=C(C)C(=O)OCCOc1cc(C)ccc1-c1ccc(-c2ccc(OCCO)cc2)c(F)c1. The smallest absolute Gasteiger partial charge is 0.333 e. The van der Waals surface area contributed by atoms with Gasteiger partial charge in [0.1, 0.15) is 37.1 Å². The molecule has 0 amide bonds. The Labute approximate surface area is 193 Å². The van der Waals surface area contributed by atoms with Crippen molar-refractivity contribution in [3.63, 3.8) is 0 Å². The van der Waals surface area contributed by atoms with Crippen molar-refractivity contribution in [2.24, 2.45) is 0 Å². The monoisotopic (exact) mass is 450 g/mol. The van der Waals surface area contributed by atoms with Gasteiger partial charge in [0.15, 0.2) is 0 Å². The summed E-state index contributed by atoms with van der Waals surface area (Å²) in [5, 5.41) is 8.85. The molecule has 0 bridgehead atoms. The van der Waals surface area contributed by atoms with Crippen molar-refractivity contribution in [3.8, 4) is 33.8 Å². The summed E-state index contributed by atoms with van der Waals surface area (Å²) < 4.78 is 31.3. The van der Waals surface area contributed by atoms with Gasteiger partial charge in [0.2, 0.25) is 0 Å². The topological polar surface area (TPSA) is 65.0 Å². The van der Waals surface area contributed by atoms with Crippen LogP contribution in [0.2, 0.25) is 0 Å². The van der Waals surface area contributed by atoms with Crippen molar-refractivity contribution in [1.29, 1.82) is 0 Å². The highest BCUT2D eigenvalue weighted by atomic mass is 19.1. The van der Waals surface area contributed by atoms with Crippen molar-refractivity contribution in [1.82, 2.24) is 0 Å². The van der Waals surface area contributed by atoms with Crippen molar-refractivity contribution in [2.75, 3.05) is 26.4 Å². The van der Waals surface area contributed by atoms with Crippen molar-refractivity contribution in [3.05, 3.63) is 84.2 Å². The summed E-state index contributed by atoms with van der Waals surface area (Å²) in [5.74, 6) is 0.367. The summed E-state index contributed by atoms with van der Waals surface area (Å²) in [6.45, 7) is 7.46. The molecular formula is C27H27FO5. The maximum atomic E-state index is 15.0. The molecule has 1 N–H and O–H groups in total. The van der Waals surface area contributed by atoms with E-state index in [0.717, 1.165) is 16.7 Å². The molecule has 0 atom stereocenters. The van der Waals surface area contributed by atoms with E-state index in [1.165, 1.54) is 6.07 Å². The summed E-state index contributed by atoms with van der Waals surface area (Å²) in [4.78, 5) is 11.5. The van der Waals surface area contributed by atoms with Crippen LogP contribution >= 0.6 is 0 Å². The lowest BCUT2D eigenvalue weighted by Gasteiger charge is -2.14. The molecule has 6 heteroatoms. The number of halogens is 1. The summed E-state index contributed by atoms with van der Waals surface area (Å²) in [6, 6.07) is 17.8. The molecule has 0 fully saturated rings. The molecule has 0 heterocycles. The third kappa shape index (κ3) is 6.43. The molecule has 0 saturated carbocycles. The number of hydrogen-bond donors (Lipinski definition) is 1. The highest BCUT2D eigenvalue weighted by Crippen LogP contribution is 2.34. The normalized spacial score (nSPS) is 10.5. The number of aliphatic hydroxyl groups excluding tert-OH is 1. The first-order valence-electron chi connectivity index (χ1n) is 10.6. The zero-order chi connectivity index (χ0) is 23.8. The predicted octanol–water partition coefficient (Wildman–Crippen LogP) is 5.34. The molecule has 3 aromatic carbocycles. The lowest BCUT2D eigenvalue weighted by Crippen LogP contribution is -2.12. The quantitative estimate of drug-likeness (QED) is 0.257. The Hall–Kier alpha value is -3.64. The number of ether oxygens (including phenoxy) is 3. The average Bonchev–Trinajstić information content (AvgIpc) is 2.80. The average molecular weight is 451 g/mol. The second-order valence-electron chi connectivity index (χ2n) is 7.56. The summed E-state index contributed by atoms with van der Waals surface area (Å²) >= 11 is 0. The fourth-order valence-electron chi connectivity index (χ4n) is 3.21. The first kappa shape index (κ1) is 24.0. The number of aliphatic hydroxyl groups is 1. The van der Waals surface area contributed by atoms with Gasteiger partial charge in [-0.05, 0) is 54.8 Å². The van der Waals surface area contributed by atoms with Crippen LogP contribution in [0.4, 0.5) is 4.39 Å². The lowest BCUT2D eigenvalue weighted by atomic mass is 9.98. The standard InChI is InChI=1S/C27H27FO5/c1-18(2)27(30)33-15-14-32-26-16-19(3)4-10-24(26)21-7-11-23(25(28)17-21)20-5-8-22(9-6-20)31-13-12-29/h4-11,16-17,29H,1,12-15H2,2-3H3. The van der Waals surface area contributed by atoms with Gasteiger partial charge in [-0.25, -0.2) is 9.18 Å². The number of carbonyl (C=O) groups excluding carboxylic acids is 1. The molecule has 3 rings (SSSR count). The summed E-state index contributed by atoms with van der Waals surface area (Å²) in [5.41, 5.74) is 3.92. The van der Waals surface area contributed by atoms with Crippen LogP contribution in [0.25, 0.3) is 22.3 Å². The Bertz CT molecular complexity index is 1120. The largest absolute Gasteiger partial charge is 0.491 e. The molecule has 0 spiro atoms. The van der Waals surface area contributed by atoms with Gasteiger partial charge >= 0.3 is 5.97 Å². The van der Waals surface area contributed by atoms with Crippen LogP contribution in [0.1, 0.15) is 12.5 Å². The Morgan fingerprint density at radius 3 is 2.27 bits per heavy atom. The van der Waals surface area contributed by atoms with Gasteiger partial charge in [0, 0.05) is 16.7 Å². The molecule has 172 valence electrons. The molecule has 0 aromatic heterocycles. The summed E-state index contributed by atoms with van der Waals surface area (Å²) in [7, 11) is 0. The fourth-order valence-corrected chi connectivity index (χ4v) is 3.21. The Balaban J connectivity index is 1.77. The predicted molar refractivity (Wildman–Crippen MR) is 126 cm³/mol. The van der Waals surface area contributed by atoms with Crippen LogP contribution in [0.3, 0.4) is 0 Å². The zero-order valence-electron chi connectivity index (χ0n) is 18.8. The van der Waals surface area contributed by atoms with Gasteiger partial charge < -0.3 is 19.3 Å². The van der Waals surface area contributed by atoms with E-state index >= 15 is 4.39 Å². The number of rotatable bonds is 10.